The highest BCUT2D eigenvalue weighted by Crippen LogP contribution is 2.01. The van der Waals surface area contributed by atoms with Crippen molar-refractivity contribution in [1.82, 2.24) is 4.98 Å². The van der Waals surface area contributed by atoms with Gasteiger partial charge in [-0.05, 0) is 31.0 Å². The van der Waals surface area contributed by atoms with E-state index < -0.39 is 6.04 Å². The summed E-state index contributed by atoms with van der Waals surface area (Å²) >= 11 is 0. The summed E-state index contributed by atoms with van der Waals surface area (Å²) in [6.07, 6.45) is 3.84. The van der Waals surface area contributed by atoms with Crippen LogP contribution in [0.4, 0.5) is 0 Å². The van der Waals surface area contributed by atoms with Gasteiger partial charge in [0, 0.05) is 12.4 Å². The Morgan fingerprint density at radius 2 is 2.21 bits per heavy atom. The van der Waals surface area contributed by atoms with Gasteiger partial charge < -0.3 is 10.5 Å². The molecule has 14 heavy (non-hydrogen) atoms. The van der Waals surface area contributed by atoms with E-state index in [9.17, 15) is 4.79 Å². The zero-order valence-electron chi connectivity index (χ0n) is 8.14. The van der Waals surface area contributed by atoms with Crippen LogP contribution < -0.4 is 5.73 Å². The topological polar surface area (TPSA) is 65.2 Å². The molecule has 1 rings (SSSR count). The summed E-state index contributed by atoms with van der Waals surface area (Å²) in [5.41, 5.74) is 6.63. The fourth-order valence-corrected chi connectivity index (χ4v) is 1.11. The third kappa shape index (κ3) is 3.14. The fraction of sp³-hybridized carbons (Fsp3) is 0.400. The maximum Gasteiger partial charge on any atom is 0.323 e. The van der Waals surface area contributed by atoms with Crippen LogP contribution in [0.3, 0.4) is 0 Å². The smallest absolute Gasteiger partial charge is 0.323 e. The average molecular weight is 194 g/mol. The first-order valence-corrected chi connectivity index (χ1v) is 4.55. The predicted molar refractivity (Wildman–Crippen MR) is 52.5 cm³/mol. The number of aromatic nitrogens is 1. The lowest BCUT2D eigenvalue weighted by molar-refractivity contribution is -0.144. The first-order valence-electron chi connectivity index (χ1n) is 4.55. The van der Waals surface area contributed by atoms with Crippen LogP contribution in [0.15, 0.2) is 24.5 Å². The van der Waals surface area contributed by atoms with Crippen molar-refractivity contribution in [1.29, 1.82) is 0 Å². The highest BCUT2D eigenvalue weighted by molar-refractivity contribution is 5.75. The van der Waals surface area contributed by atoms with Crippen molar-refractivity contribution in [3.63, 3.8) is 0 Å². The molecule has 1 atom stereocenters. The summed E-state index contributed by atoms with van der Waals surface area (Å²) in [6.45, 7) is 2.12. The Kier molecular flexibility index (Phi) is 4.07. The van der Waals surface area contributed by atoms with E-state index in [0.717, 1.165) is 5.56 Å². The molecule has 0 saturated carbocycles. The quantitative estimate of drug-likeness (QED) is 0.709. The zero-order chi connectivity index (χ0) is 10.4. The van der Waals surface area contributed by atoms with E-state index in [1.165, 1.54) is 0 Å². The normalized spacial score (nSPS) is 12.1. The van der Waals surface area contributed by atoms with Crippen molar-refractivity contribution in [2.75, 3.05) is 6.61 Å². The van der Waals surface area contributed by atoms with Gasteiger partial charge in [-0.15, -0.1) is 0 Å². The van der Waals surface area contributed by atoms with Crippen LogP contribution in [0, 0.1) is 0 Å². The molecule has 0 amide bonds. The van der Waals surface area contributed by atoms with Gasteiger partial charge in [0.2, 0.25) is 0 Å². The first kappa shape index (κ1) is 10.7. The van der Waals surface area contributed by atoms with Crippen LogP contribution in [0.25, 0.3) is 0 Å². The van der Waals surface area contributed by atoms with Gasteiger partial charge >= 0.3 is 5.97 Å². The molecule has 0 radical (unpaired) electrons. The summed E-state index contributed by atoms with van der Waals surface area (Å²) in [4.78, 5) is 15.1. The summed E-state index contributed by atoms with van der Waals surface area (Å²) in [5, 5.41) is 0. The van der Waals surface area contributed by atoms with Crippen molar-refractivity contribution < 1.29 is 9.53 Å². The van der Waals surface area contributed by atoms with Crippen molar-refractivity contribution in [2.24, 2.45) is 5.73 Å². The Morgan fingerprint density at radius 3 is 2.79 bits per heavy atom. The minimum absolute atomic E-state index is 0.357. The van der Waals surface area contributed by atoms with Crippen molar-refractivity contribution in [3.05, 3.63) is 30.1 Å². The van der Waals surface area contributed by atoms with E-state index in [4.69, 9.17) is 10.5 Å². The number of hydrogen-bond acceptors (Lipinski definition) is 4. The number of nitrogens with two attached hydrogens (primary N) is 1. The SMILES string of the molecule is CCOC(=O)C(N)Cc1ccncc1. The van der Waals surface area contributed by atoms with Crippen LogP contribution >= 0.6 is 0 Å². The lowest BCUT2D eigenvalue weighted by Gasteiger charge is -2.09. The molecule has 0 aliphatic heterocycles. The van der Waals surface area contributed by atoms with Gasteiger partial charge in [0.05, 0.1) is 6.61 Å². The summed E-state index contributed by atoms with van der Waals surface area (Å²) < 4.78 is 4.80. The maximum atomic E-state index is 11.2. The number of carbonyl (C=O) groups is 1. The molecule has 0 aromatic carbocycles. The lowest BCUT2D eigenvalue weighted by atomic mass is 10.1. The largest absolute Gasteiger partial charge is 0.465 e. The van der Waals surface area contributed by atoms with Crippen molar-refractivity contribution >= 4 is 5.97 Å². The monoisotopic (exact) mass is 194 g/mol. The Bertz CT molecular complexity index is 287. The Labute approximate surface area is 83.1 Å². The molecule has 1 unspecified atom stereocenters. The molecule has 0 bridgehead atoms. The number of rotatable bonds is 4. The Morgan fingerprint density at radius 1 is 1.57 bits per heavy atom. The second kappa shape index (κ2) is 5.34. The van der Waals surface area contributed by atoms with E-state index in [2.05, 4.69) is 4.98 Å². The molecule has 1 aromatic heterocycles. The highest BCUT2D eigenvalue weighted by atomic mass is 16.5. The van der Waals surface area contributed by atoms with Crippen LogP contribution in [0.1, 0.15) is 12.5 Å². The fourth-order valence-electron chi connectivity index (χ4n) is 1.11. The number of esters is 1. The van der Waals surface area contributed by atoms with Gasteiger partial charge in [-0.2, -0.15) is 0 Å². The summed E-state index contributed by atoms with van der Waals surface area (Å²) in [6, 6.07) is 3.08. The van der Waals surface area contributed by atoms with E-state index in [-0.39, 0.29) is 5.97 Å². The molecular weight excluding hydrogens is 180 g/mol. The molecule has 0 saturated heterocycles. The molecule has 0 spiro atoms. The molecule has 0 aliphatic rings. The van der Waals surface area contributed by atoms with Crippen LogP contribution in [-0.4, -0.2) is 23.6 Å². The van der Waals surface area contributed by atoms with E-state index >= 15 is 0 Å². The van der Waals surface area contributed by atoms with Crippen LogP contribution in [0.2, 0.25) is 0 Å². The zero-order valence-corrected chi connectivity index (χ0v) is 8.14. The molecule has 76 valence electrons. The highest BCUT2D eigenvalue weighted by Gasteiger charge is 2.14. The van der Waals surface area contributed by atoms with Gasteiger partial charge in [-0.25, -0.2) is 0 Å². The van der Waals surface area contributed by atoms with Gasteiger partial charge in [-0.1, -0.05) is 0 Å². The molecule has 0 fully saturated rings. The van der Waals surface area contributed by atoms with Crippen molar-refractivity contribution in [2.45, 2.75) is 19.4 Å². The van der Waals surface area contributed by atoms with Gasteiger partial charge in [0.25, 0.3) is 0 Å². The number of pyridine rings is 1. The minimum atomic E-state index is -0.586. The minimum Gasteiger partial charge on any atom is -0.465 e. The summed E-state index contributed by atoms with van der Waals surface area (Å²) in [5.74, 6) is -0.357. The molecule has 1 aromatic rings. The number of ether oxygens (including phenoxy) is 1. The van der Waals surface area contributed by atoms with Crippen LogP contribution in [-0.2, 0) is 16.0 Å². The van der Waals surface area contributed by atoms with Crippen molar-refractivity contribution in [3.8, 4) is 0 Å². The molecule has 1 heterocycles. The Hall–Kier alpha value is -1.42. The van der Waals surface area contributed by atoms with Crippen LogP contribution in [0.5, 0.6) is 0 Å². The first-order chi connectivity index (χ1) is 6.74. The third-order valence-electron chi connectivity index (χ3n) is 1.79. The van der Waals surface area contributed by atoms with E-state index in [0.29, 0.717) is 13.0 Å². The van der Waals surface area contributed by atoms with Gasteiger partial charge in [0.15, 0.2) is 0 Å². The van der Waals surface area contributed by atoms with E-state index in [1.54, 1.807) is 19.3 Å². The number of hydrogen-bond donors (Lipinski definition) is 1. The standard InChI is InChI=1S/C10H14N2O2/c1-2-14-10(13)9(11)7-8-3-5-12-6-4-8/h3-6,9H,2,7,11H2,1H3. The molecular formula is C10H14N2O2. The number of nitrogens with zero attached hydrogens (tertiary/aromatic N) is 1. The molecule has 2 N–H and O–H groups in total. The number of carbonyl (C=O) groups excluding carboxylic acids is 1. The predicted octanol–water partition coefficient (Wildman–Crippen LogP) is 0.514. The summed E-state index contributed by atoms with van der Waals surface area (Å²) in [7, 11) is 0. The Balaban J connectivity index is 2.49. The molecule has 4 nitrogen and oxygen atoms in total. The molecule has 4 heteroatoms. The van der Waals surface area contributed by atoms with Gasteiger partial charge in [-0.3, -0.25) is 9.78 Å². The van der Waals surface area contributed by atoms with E-state index in [1.807, 2.05) is 12.1 Å². The third-order valence-corrected chi connectivity index (χ3v) is 1.79. The lowest BCUT2D eigenvalue weighted by Crippen LogP contribution is -2.34. The second-order valence-corrected chi connectivity index (χ2v) is 2.92. The average Bonchev–Trinajstić information content (AvgIpc) is 2.19. The second-order valence-electron chi connectivity index (χ2n) is 2.92. The molecule has 0 aliphatic carbocycles. The van der Waals surface area contributed by atoms with Gasteiger partial charge in [0.1, 0.15) is 6.04 Å². The maximum absolute atomic E-state index is 11.2.